The number of aliphatic hydroxyl groups is 2. The maximum absolute atomic E-state index is 13.4. The first-order valence-electron chi connectivity index (χ1n) is 15.6. The predicted molar refractivity (Wildman–Crippen MR) is 158 cm³/mol. The van der Waals surface area contributed by atoms with E-state index in [9.17, 15) is 29.4 Å². The molecule has 9 nitrogen and oxygen atoms in total. The van der Waals surface area contributed by atoms with Crippen LogP contribution in [0.25, 0.3) is 0 Å². The van der Waals surface area contributed by atoms with Gasteiger partial charge in [-0.25, -0.2) is 0 Å². The van der Waals surface area contributed by atoms with Crippen LogP contribution in [-0.4, -0.2) is 65.6 Å². The van der Waals surface area contributed by atoms with Crippen molar-refractivity contribution >= 4 is 23.4 Å². The Balaban J connectivity index is 1.12. The molecule has 3 fully saturated rings. The lowest BCUT2D eigenvalue weighted by molar-refractivity contribution is -0.184. The number of ether oxygens (including phenoxy) is 2. The second-order valence-electron chi connectivity index (χ2n) is 13.5. The van der Waals surface area contributed by atoms with Crippen molar-refractivity contribution < 1.29 is 38.9 Å². The van der Waals surface area contributed by atoms with E-state index in [0.29, 0.717) is 25.8 Å². The molecule has 0 unspecified atom stereocenters. The first kappa shape index (κ1) is 31.4. The number of benzene rings is 1. The van der Waals surface area contributed by atoms with E-state index in [1.165, 1.54) is 0 Å². The molecule has 4 aliphatic rings. The molecule has 0 saturated heterocycles. The number of nitrogens with one attached hydrogen (secondary N) is 1. The normalized spacial score (nSPS) is 34.7. The van der Waals surface area contributed by atoms with Crippen LogP contribution in [0, 0.1) is 28.6 Å². The monoisotopic (exact) mass is 595 g/mol. The van der Waals surface area contributed by atoms with Crippen LogP contribution in [0.1, 0.15) is 77.2 Å². The lowest BCUT2D eigenvalue weighted by Gasteiger charge is -2.60. The minimum absolute atomic E-state index is 0.0173. The van der Waals surface area contributed by atoms with Crippen LogP contribution in [0.3, 0.4) is 0 Å². The van der Waals surface area contributed by atoms with Crippen LogP contribution < -0.4 is 10.1 Å². The molecule has 234 valence electrons. The van der Waals surface area contributed by atoms with Crippen molar-refractivity contribution in [1.29, 1.82) is 0 Å². The lowest BCUT2D eigenvalue weighted by Crippen LogP contribution is -2.62. The summed E-state index contributed by atoms with van der Waals surface area (Å²) in [5.41, 5.74) is -0.620. The average molecular weight is 596 g/mol. The fraction of sp³-hybridized carbons (Fsp3) is 0.647. The van der Waals surface area contributed by atoms with Gasteiger partial charge in [0.2, 0.25) is 11.7 Å². The molecule has 1 aromatic rings. The van der Waals surface area contributed by atoms with Crippen molar-refractivity contribution in [2.45, 2.75) is 89.8 Å². The number of esters is 1. The van der Waals surface area contributed by atoms with Gasteiger partial charge in [-0.15, -0.1) is 0 Å². The van der Waals surface area contributed by atoms with Crippen molar-refractivity contribution in [2.75, 3.05) is 20.3 Å². The van der Waals surface area contributed by atoms with Gasteiger partial charge < -0.3 is 25.0 Å². The van der Waals surface area contributed by atoms with Gasteiger partial charge in [-0.2, -0.15) is 0 Å². The largest absolute Gasteiger partial charge is 0.497 e. The number of fused-ring (bicyclic) bond motifs is 5. The molecule has 9 heteroatoms. The Morgan fingerprint density at radius 2 is 1.79 bits per heavy atom. The van der Waals surface area contributed by atoms with Gasteiger partial charge in [-0.1, -0.05) is 31.6 Å². The number of ketones is 2. The summed E-state index contributed by atoms with van der Waals surface area (Å²) >= 11 is 0. The smallest absolute Gasteiger partial charge is 0.306 e. The summed E-state index contributed by atoms with van der Waals surface area (Å²) in [5, 5.41) is 26.1. The summed E-state index contributed by atoms with van der Waals surface area (Å²) in [6.45, 7) is 3.93. The third-order valence-electron chi connectivity index (χ3n) is 11.3. The van der Waals surface area contributed by atoms with Gasteiger partial charge in [0, 0.05) is 24.8 Å². The molecule has 5 rings (SSSR count). The molecule has 1 amide bonds. The predicted octanol–water partition coefficient (Wildman–Crippen LogP) is 3.48. The third kappa shape index (κ3) is 5.78. The minimum Gasteiger partial charge on any atom is -0.497 e. The molecule has 43 heavy (non-hydrogen) atoms. The number of allylic oxidation sites excluding steroid dienone is 1. The number of carbonyl (C=O) groups is 4. The molecule has 4 aliphatic carbocycles. The molecule has 0 heterocycles. The highest BCUT2D eigenvalue weighted by molar-refractivity contribution is 5.92. The third-order valence-corrected chi connectivity index (χ3v) is 11.3. The summed E-state index contributed by atoms with van der Waals surface area (Å²) in [5.74, 6) is -0.424. The molecule has 7 atom stereocenters. The van der Waals surface area contributed by atoms with E-state index >= 15 is 0 Å². The summed E-state index contributed by atoms with van der Waals surface area (Å²) in [7, 11) is 1.60. The van der Waals surface area contributed by atoms with Crippen molar-refractivity contribution in [1.82, 2.24) is 5.32 Å². The van der Waals surface area contributed by atoms with E-state index in [4.69, 9.17) is 9.47 Å². The molecule has 0 aromatic heterocycles. The van der Waals surface area contributed by atoms with Gasteiger partial charge in [0.05, 0.1) is 19.6 Å². The van der Waals surface area contributed by atoms with Crippen LogP contribution in [0.2, 0.25) is 0 Å². The fourth-order valence-electron chi connectivity index (χ4n) is 8.93. The van der Waals surface area contributed by atoms with E-state index in [1.54, 1.807) is 13.2 Å². The molecule has 0 radical (unpaired) electrons. The van der Waals surface area contributed by atoms with E-state index in [2.05, 4.69) is 12.2 Å². The van der Waals surface area contributed by atoms with Crippen molar-refractivity contribution in [2.24, 2.45) is 28.6 Å². The highest BCUT2D eigenvalue weighted by Gasteiger charge is 2.68. The Morgan fingerprint density at radius 1 is 1.05 bits per heavy atom. The van der Waals surface area contributed by atoms with Gasteiger partial charge in [0.1, 0.15) is 11.4 Å². The zero-order valence-corrected chi connectivity index (χ0v) is 25.5. The Hall–Kier alpha value is -3.04. The topological polar surface area (TPSA) is 139 Å². The number of methoxy groups -OCH3 is 1. The van der Waals surface area contributed by atoms with Crippen molar-refractivity contribution in [3.05, 3.63) is 41.5 Å². The second-order valence-corrected chi connectivity index (χ2v) is 13.5. The van der Waals surface area contributed by atoms with Gasteiger partial charge >= 0.3 is 5.97 Å². The van der Waals surface area contributed by atoms with E-state index in [-0.39, 0.29) is 60.5 Å². The zero-order valence-electron chi connectivity index (χ0n) is 25.5. The summed E-state index contributed by atoms with van der Waals surface area (Å²) in [6, 6.07) is 7.56. The molecular formula is C34H45NO8. The molecule has 0 aliphatic heterocycles. The maximum atomic E-state index is 13.4. The first-order valence-corrected chi connectivity index (χ1v) is 15.6. The quantitative estimate of drug-likeness (QED) is 0.350. The number of amides is 1. The van der Waals surface area contributed by atoms with Crippen LogP contribution in [0.4, 0.5) is 0 Å². The standard InChI is InChI=1S/C34H45NO8/c1-32-15-12-23(36)18-22(32)6-9-25-26-13-16-34(41,33(26,2)19-27(37)31(25)32)28(38)20-43-30(40)11-10-29(39)35-17-14-21-4-7-24(42-3)8-5-21/h4-5,7-8,18,25-27,31,37,41H,6,9-17,19-20H2,1-3H3,(H,35,39)/t25-,26+,27+,31-,32-,33+,34-/m0/s1. The van der Waals surface area contributed by atoms with Crippen LogP contribution in [0.5, 0.6) is 5.75 Å². The van der Waals surface area contributed by atoms with Gasteiger partial charge in [0.25, 0.3) is 0 Å². The van der Waals surface area contributed by atoms with E-state index in [1.807, 2.05) is 31.2 Å². The van der Waals surface area contributed by atoms with Crippen LogP contribution >= 0.6 is 0 Å². The Labute approximate surface area is 253 Å². The van der Waals surface area contributed by atoms with Crippen LogP contribution in [0.15, 0.2) is 35.9 Å². The number of Topliss-reactive ketones (excluding diaryl/α,β-unsaturated/α-hetero) is 1. The van der Waals surface area contributed by atoms with E-state index in [0.717, 1.165) is 36.1 Å². The highest BCUT2D eigenvalue weighted by Crippen LogP contribution is 2.67. The number of rotatable bonds is 10. The SMILES string of the molecule is COc1ccc(CCNC(=O)CCC(=O)OCC(=O)[C@@]2(O)CC[C@@H]3[C@@H]4CCC5=CC(=O)CC[C@]5(C)[C@@H]4[C@H](O)C[C@]32C)cc1. The first-order chi connectivity index (χ1) is 20.4. The second kappa shape index (κ2) is 12.2. The van der Waals surface area contributed by atoms with Crippen molar-refractivity contribution in [3.63, 3.8) is 0 Å². The van der Waals surface area contributed by atoms with Crippen molar-refractivity contribution in [3.8, 4) is 5.75 Å². The molecule has 0 spiro atoms. The molecule has 1 aromatic carbocycles. The number of carbonyl (C=O) groups excluding carboxylic acids is 4. The Morgan fingerprint density at radius 3 is 2.51 bits per heavy atom. The Kier molecular flexibility index (Phi) is 8.87. The number of hydrogen-bond donors (Lipinski definition) is 3. The average Bonchev–Trinajstić information content (AvgIpc) is 3.25. The highest BCUT2D eigenvalue weighted by atomic mass is 16.5. The maximum Gasteiger partial charge on any atom is 0.306 e. The number of aliphatic hydroxyl groups excluding tert-OH is 1. The fourth-order valence-corrected chi connectivity index (χ4v) is 8.93. The van der Waals surface area contributed by atoms with E-state index < -0.39 is 35.5 Å². The molecule has 0 bridgehead atoms. The zero-order chi connectivity index (χ0) is 31.0. The van der Waals surface area contributed by atoms with Gasteiger partial charge in [0.15, 0.2) is 12.4 Å². The molecular weight excluding hydrogens is 550 g/mol. The summed E-state index contributed by atoms with van der Waals surface area (Å²) < 4.78 is 10.4. The Bertz CT molecular complexity index is 1290. The molecule has 3 saturated carbocycles. The van der Waals surface area contributed by atoms with Crippen LogP contribution in [-0.2, 0) is 30.3 Å². The summed E-state index contributed by atoms with van der Waals surface area (Å²) in [6.07, 6.45) is 5.50. The van der Waals surface area contributed by atoms with Gasteiger partial charge in [-0.3, -0.25) is 19.2 Å². The lowest BCUT2D eigenvalue weighted by atomic mass is 9.45. The number of hydrogen-bond acceptors (Lipinski definition) is 8. The minimum atomic E-state index is -1.71. The summed E-state index contributed by atoms with van der Waals surface area (Å²) in [4.78, 5) is 50.2. The molecule has 3 N–H and O–H groups in total. The van der Waals surface area contributed by atoms with Gasteiger partial charge in [-0.05, 0) is 91.9 Å².